The Morgan fingerprint density at radius 2 is 2.25 bits per heavy atom. The minimum Gasteiger partial charge on any atom is -0.368 e. The first-order chi connectivity index (χ1) is 7.59. The van der Waals surface area contributed by atoms with Crippen molar-refractivity contribution in [3.05, 3.63) is 20.8 Å². The number of likely N-dealkylation sites (tertiary alicyclic amines) is 1. The number of rotatable bonds is 2. The van der Waals surface area contributed by atoms with Crippen molar-refractivity contribution in [3.8, 4) is 0 Å². The standard InChI is InChI=1S/C10H11BrN2O2S/c11-8-4-3-7(16-8)10(15)13-5-1-2-6(13)9(12)14/h3-4,6H,1-2,5H2,(H2,12,14). The van der Waals surface area contributed by atoms with Gasteiger partial charge in [0.15, 0.2) is 0 Å². The van der Waals surface area contributed by atoms with E-state index >= 15 is 0 Å². The second kappa shape index (κ2) is 4.55. The Bertz CT molecular complexity index is 432. The Kier molecular flexibility index (Phi) is 3.30. The fourth-order valence-electron chi connectivity index (χ4n) is 1.88. The molecule has 2 rings (SSSR count). The third kappa shape index (κ3) is 2.12. The minimum atomic E-state index is -0.437. The monoisotopic (exact) mass is 302 g/mol. The van der Waals surface area contributed by atoms with Gasteiger partial charge in [-0.1, -0.05) is 0 Å². The molecule has 1 aliphatic heterocycles. The molecule has 1 aliphatic rings. The molecule has 0 spiro atoms. The fourth-order valence-corrected chi connectivity index (χ4v) is 3.22. The number of thiophene rings is 1. The first-order valence-corrected chi connectivity index (χ1v) is 6.56. The lowest BCUT2D eigenvalue weighted by molar-refractivity contribution is -0.121. The molecule has 86 valence electrons. The molecule has 0 saturated carbocycles. The van der Waals surface area contributed by atoms with E-state index < -0.39 is 11.9 Å². The molecule has 0 aromatic carbocycles. The lowest BCUT2D eigenvalue weighted by atomic mass is 10.2. The largest absolute Gasteiger partial charge is 0.368 e. The topological polar surface area (TPSA) is 63.4 Å². The van der Waals surface area contributed by atoms with E-state index in [0.717, 1.165) is 10.2 Å². The van der Waals surface area contributed by atoms with Crippen LogP contribution >= 0.6 is 27.3 Å². The van der Waals surface area contributed by atoms with Crippen LogP contribution in [-0.4, -0.2) is 29.3 Å². The smallest absolute Gasteiger partial charge is 0.264 e. The van der Waals surface area contributed by atoms with Crippen LogP contribution in [0.2, 0.25) is 0 Å². The van der Waals surface area contributed by atoms with Crippen molar-refractivity contribution in [1.29, 1.82) is 0 Å². The van der Waals surface area contributed by atoms with E-state index in [2.05, 4.69) is 15.9 Å². The van der Waals surface area contributed by atoms with Crippen molar-refractivity contribution in [2.45, 2.75) is 18.9 Å². The van der Waals surface area contributed by atoms with Crippen LogP contribution in [0, 0.1) is 0 Å². The number of halogens is 1. The maximum Gasteiger partial charge on any atom is 0.264 e. The molecular formula is C10H11BrN2O2S. The number of amides is 2. The molecule has 2 N–H and O–H groups in total. The van der Waals surface area contributed by atoms with Gasteiger partial charge in [-0.05, 0) is 40.9 Å². The van der Waals surface area contributed by atoms with Crippen molar-refractivity contribution < 1.29 is 9.59 Å². The van der Waals surface area contributed by atoms with Crippen molar-refractivity contribution in [2.75, 3.05) is 6.54 Å². The molecule has 0 bridgehead atoms. The van der Waals surface area contributed by atoms with Gasteiger partial charge >= 0.3 is 0 Å². The maximum absolute atomic E-state index is 12.1. The highest BCUT2D eigenvalue weighted by Gasteiger charge is 2.33. The van der Waals surface area contributed by atoms with Gasteiger partial charge in [0.2, 0.25) is 5.91 Å². The van der Waals surface area contributed by atoms with E-state index in [0.29, 0.717) is 17.8 Å². The van der Waals surface area contributed by atoms with E-state index in [9.17, 15) is 9.59 Å². The molecule has 1 atom stereocenters. The van der Waals surface area contributed by atoms with Crippen molar-refractivity contribution in [2.24, 2.45) is 5.73 Å². The predicted octanol–water partition coefficient (Wildman–Crippen LogP) is 1.60. The molecule has 1 fully saturated rings. The molecule has 6 heteroatoms. The van der Waals surface area contributed by atoms with Crippen LogP contribution in [0.25, 0.3) is 0 Å². The maximum atomic E-state index is 12.1. The lowest BCUT2D eigenvalue weighted by Crippen LogP contribution is -2.43. The van der Waals surface area contributed by atoms with Crippen LogP contribution in [0.5, 0.6) is 0 Å². The molecular weight excluding hydrogens is 292 g/mol. The summed E-state index contributed by atoms with van der Waals surface area (Å²) in [5.74, 6) is -0.515. The summed E-state index contributed by atoms with van der Waals surface area (Å²) in [7, 11) is 0. The highest BCUT2D eigenvalue weighted by atomic mass is 79.9. The van der Waals surface area contributed by atoms with Gasteiger partial charge in [-0.2, -0.15) is 0 Å². The molecule has 0 radical (unpaired) electrons. The van der Waals surface area contributed by atoms with E-state index in [-0.39, 0.29) is 5.91 Å². The zero-order valence-corrected chi connectivity index (χ0v) is 10.9. The summed E-state index contributed by atoms with van der Waals surface area (Å²) in [6.45, 7) is 0.613. The Hall–Kier alpha value is -0.880. The fraction of sp³-hybridized carbons (Fsp3) is 0.400. The van der Waals surface area contributed by atoms with E-state index in [1.54, 1.807) is 11.0 Å². The summed E-state index contributed by atoms with van der Waals surface area (Å²) < 4.78 is 0.908. The van der Waals surface area contributed by atoms with Crippen molar-refractivity contribution in [1.82, 2.24) is 4.90 Å². The summed E-state index contributed by atoms with van der Waals surface area (Å²) in [5.41, 5.74) is 5.27. The average molecular weight is 303 g/mol. The van der Waals surface area contributed by atoms with Crippen LogP contribution < -0.4 is 5.73 Å². The normalized spacial score (nSPS) is 20.1. The Morgan fingerprint density at radius 3 is 2.81 bits per heavy atom. The molecule has 1 unspecified atom stereocenters. The SMILES string of the molecule is NC(=O)C1CCCN1C(=O)c1ccc(Br)s1. The van der Waals surface area contributed by atoms with E-state index in [4.69, 9.17) is 5.73 Å². The summed E-state index contributed by atoms with van der Waals surface area (Å²) >= 11 is 4.68. The molecule has 1 saturated heterocycles. The zero-order valence-electron chi connectivity index (χ0n) is 8.48. The quantitative estimate of drug-likeness (QED) is 0.902. The van der Waals surface area contributed by atoms with Crippen LogP contribution in [0.1, 0.15) is 22.5 Å². The van der Waals surface area contributed by atoms with Gasteiger partial charge in [0.05, 0.1) is 8.66 Å². The van der Waals surface area contributed by atoms with Crippen LogP contribution in [0.15, 0.2) is 15.9 Å². The number of nitrogens with zero attached hydrogens (tertiary/aromatic N) is 1. The van der Waals surface area contributed by atoms with Gasteiger partial charge in [0.25, 0.3) is 5.91 Å². The van der Waals surface area contributed by atoms with Gasteiger partial charge in [0.1, 0.15) is 6.04 Å². The first kappa shape index (κ1) is 11.6. The summed E-state index contributed by atoms with van der Waals surface area (Å²) in [5, 5.41) is 0. The number of carbonyl (C=O) groups is 2. The molecule has 16 heavy (non-hydrogen) atoms. The highest BCUT2D eigenvalue weighted by Crippen LogP contribution is 2.26. The molecule has 0 aliphatic carbocycles. The number of carbonyl (C=O) groups excluding carboxylic acids is 2. The third-order valence-corrected chi connectivity index (χ3v) is 4.24. The number of nitrogens with two attached hydrogens (primary N) is 1. The van der Waals surface area contributed by atoms with E-state index in [1.165, 1.54) is 11.3 Å². The third-order valence-electron chi connectivity index (χ3n) is 2.63. The number of hydrogen-bond acceptors (Lipinski definition) is 3. The second-order valence-electron chi connectivity index (χ2n) is 3.66. The summed E-state index contributed by atoms with van der Waals surface area (Å²) in [6, 6.07) is 3.15. The first-order valence-electron chi connectivity index (χ1n) is 4.95. The minimum absolute atomic E-state index is 0.1000. The predicted molar refractivity (Wildman–Crippen MR) is 65.3 cm³/mol. The molecule has 2 amide bonds. The lowest BCUT2D eigenvalue weighted by Gasteiger charge is -2.21. The van der Waals surface area contributed by atoms with Gasteiger partial charge in [-0.15, -0.1) is 11.3 Å². The molecule has 2 heterocycles. The van der Waals surface area contributed by atoms with Gasteiger partial charge in [-0.3, -0.25) is 9.59 Å². The molecule has 4 nitrogen and oxygen atoms in total. The van der Waals surface area contributed by atoms with E-state index in [1.807, 2.05) is 6.07 Å². The Balaban J connectivity index is 2.18. The molecule has 1 aromatic rings. The number of primary amides is 1. The van der Waals surface area contributed by atoms with Gasteiger partial charge < -0.3 is 10.6 Å². The van der Waals surface area contributed by atoms with Crippen LogP contribution in [0.3, 0.4) is 0 Å². The average Bonchev–Trinajstić information content (AvgIpc) is 2.84. The van der Waals surface area contributed by atoms with Crippen molar-refractivity contribution in [3.63, 3.8) is 0 Å². The van der Waals surface area contributed by atoms with Gasteiger partial charge in [0, 0.05) is 6.54 Å². The highest BCUT2D eigenvalue weighted by molar-refractivity contribution is 9.11. The number of hydrogen-bond donors (Lipinski definition) is 1. The Labute approximate surface area is 106 Å². The Morgan fingerprint density at radius 1 is 1.50 bits per heavy atom. The summed E-state index contributed by atoms with van der Waals surface area (Å²) in [6.07, 6.45) is 1.51. The van der Waals surface area contributed by atoms with Crippen molar-refractivity contribution >= 4 is 39.1 Å². The molecule has 1 aromatic heterocycles. The van der Waals surface area contributed by atoms with Crippen LogP contribution in [-0.2, 0) is 4.79 Å². The van der Waals surface area contributed by atoms with Gasteiger partial charge in [-0.25, -0.2) is 0 Å². The summed E-state index contributed by atoms with van der Waals surface area (Å²) in [4.78, 5) is 25.5. The van der Waals surface area contributed by atoms with Crippen LogP contribution in [0.4, 0.5) is 0 Å². The second-order valence-corrected chi connectivity index (χ2v) is 6.13. The zero-order chi connectivity index (χ0) is 11.7.